The van der Waals surface area contributed by atoms with Crippen molar-refractivity contribution in [3.63, 3.8) is 0 Å². The number of hydrogen-bond donors (Lipinski definition) is 0. The number of nitro benzene ring substituents is 1. The van der Waals surface area contributed by atoms with E-state index in [9.17, 15) is 14.7 Å². The second-order valence-electron chi connectivity index (χ2n) is 3.75. The maximum atomic E-state index is 12.1. The predicted octanol–water partition coefficient (Wildman–Crippen LogP) is 3.24. The highest BCUT2D eigenvalue weighted by molar-refractivity contribution is 7.53. The van der Waals surface area contributed by atoms with Crippen LogP contribution < -0.4 is 0 Å². The summed E-state index contributed by atoms with van der Waals surface area (Å²) in [6.45, 7) is 4.02. The van der Waals surface area contributed by atoms with Crippen LogP contribution in [0.5, 0.6) is 0 Å². The third-order valence-electron chi connectivity index (χ3n) is 2.25. The Balaban J connectivity index is 2.67. The van der Waals surface area contributed by atoms with E-state index in [1.54, 1.807) is 26.0 Å². The summed E-state index contributed by atoms with van der Waals surface area (Å²) in [6, 6.07) is 5.89. The van der Waals surface area contributed by atoms with Crippen LogP contribution in [0, 0.1) is 10.1 Å². The minimum absolute atomic E-state index is 0.0106. The minimum atomic E-state index is -3.19. The van der Waals surface area contributed by atoms with Gasteiger partial charge in [-0.3, -0.25) is 19.7 Å². The highest BCUT2D eigenvalue weighted by atomic mass is 31.2. The molecule has 1 rings (SSSR count). The fourth-order valence-electron chi connectivity index (χ4n) is 1.44. The molecule has 1 aromatic rings. The fraction of sp³-hybridized carbons (Fsp3) is 0.417. The van der Waals surface area contributed by atoms with Crippen molar-refractivity contribution in [1.29, 1.82) is 0 Å². The van der Waals surface area contributed by atoms with Gasteiger partial charge >= 0.3 is 7.60 Å². The Hall–Kier alpha value is -1.56. The van der Waals surface area contributed by atoms with Crippen molar-refractivity contribution in [2.75, 3.05) is 19.5 Å². The third-order valence-corrected chi connectivity index (χ3v) is 4.06. The number of benzene rings is 1. The molecule has 0 aromatic heterocycles. The number of hydrogen-bond acceptors (Lipinski definition) is 6. The molecule has 7 nitrogen and oxygen atoms in total. The maximum absolute atomic E-state index is 12.1. The minimum Gasteiger partial charge on any atom is -0.308 e. The lowest BCUT2D eigenvalue weighted by molar-refractivity contribution is -0.384. The van der Waals surface area contributed by atoms with E-state index >= 15 is 0 Å². The molecular weight excluding hydrogens is 283 g/mol. The molecule has 0 aliphatic carbocycles. The van der Waals surface area contributed by atoms with Gasteiger partial charge in [0.25, 0.3) is 5.69 Å². The number of non-ortho nitro benzene ring substituents is 1. The van der Waals surface area contributed by atoms with Crippen molar-refractivity contribution >= 4 is 19.5 Å². The van der Waals surface area contributed by atoms with Gasteiger partial charge in [-0.15, -0.1) is 0 Å². The molecule has 0 radical (unpaired) electrons. The molecule has 0 amide bonds. The molecule has 1 aromatic carbocycles. The molecule has 0 saturated carbocycles. The van der Waals surface area contributed by atoms with Crippen LogP contribution in [-0.2, 0) is 13.6 Å². The third kappa shape index (κ3) is 5.21. The van der Waals surface area contributed by atoms with Crippen molar-refractivity contribution in [1.82, 2.24) is 0 Å². The van der Waals surface area contributed by atoms with Gasteiger partial charge in [0, 0.05) is 18.3 Å². The summed E-state index contributed by atoms with van der Waals surface area (Å²) < 4.78 is 22.3. The Kier molecular flexibility index (Phi) is 6.51. The number of rotatable bonds is 8. The number of nitro groups is 1. The summed E-state index contributed by atoms with van der Waals surface area (Å²) >= 11 is 0. The number of aliphatic imine (C=N–C) groups is 1. The molecule has 0 heterocycles. The first kappa shape index (κ1) is 16.5. The van der Waals surface area contributed by atoms with Gasteiger partial charge in [0.05, 0.1) is 18.1 Å². The normalized spacial score (nSPS) is 11.9. The summed E-state index contributed by atoms with van der Waals surface area (Å²) in [5, 5.41) is 10.5. The molecule has 0 bridgehead atoms. The van der Waals surface area contributed by atoms with Crippen LogP contribution in [0.4, 0.5) is 5.69 Å². The van der Waals surface area contributed by atoms with Crippen molar-refractivity contribution in [3.05, 3.63) is 39.9 Å². The topological polar surface area (TPSA) is 91.0 Å². The monoisotopic (exact) mass is 300 g/mol. The molecule has 0 saturated heterocycles. The largest absolute Gasteiger partial charge is 0.351 e. The zero-order chi connectivity index (χ0) is 15.0. The zero-order valence-corrected chi connectivity index (χ0v) is 12.3. The summed E-state index contributed by atoms with van der Waals surface area (Å²) in [6.07, 6.45) is 1.40. The van der Waals surface area contributed by atoms with Gasteiger partial charge in [0.1, 0.15) is 6.29 Å². The van der Waals surface area contributed by atoms with Crippen molar-refractivity contribution in [2.45, 2.75) is 13.8 Å². The lowest BCUT2D eigenvalue weighted by Crippen LogP contribution is -1.99. The van der Waals surface area contributed by atoms with Crippen LogP contribution in [0.15, 0.2) is 29.3 Å². The van der Waals surface area contributed by atoms with Gasteiger partial charge in [0.15, 0.2) is 0 Å². The van der Waals surface area contributed by atoms with E-state index in [2.05, 4.69) is 4.99 Å². The molecule has 0 aliphatic rings. The smallest absolute Gasteiger partial charge is 0.308 e. The Morgan fingerprint density at radius 2 is 1.80 bits per heavy atom. The Morgan fingerprint density at radius 1 is 1.25 bits per heavy atom. The van der Waals surface area contributed by atoms with Crippen LogP contribution in [0.25, 0.3) is 0 Å². The second kappa shape index (κ2) is 7.89. The van der Waals surface area contributed by atoms with Gasteiger partial charge in [0.2, 0.25) is 0 Å². The van der Waals surface area contributed by atoms with E-state index in [1.165, 1.54) is 18.3 Å². The average Bonchev–Trinajstić information content (AvgIpc) is 2.39. The Morgan fingerprint density at radius 3 is 2.25 bits per heavy atom. The standard InChI is InChI=1S/C12H17N2O5P/c1-3-18-20(17,19-4-2)10-13-9-11-5-7-12(8-6-11)14(15)16/h5-9H,3-4,10H2,1-2H3/b13-9+. The Bertz CT molecular complexity index is 505. The predicted molar refractivity (Wildman–Crippen MR) is 76.4 cm³/mol. The van der Waals surface area contributed by atoms with Crippen molar-refractivity contribution in [3.8, 4) is 0 Å². The zero-order valence-electron chi connectivity index (χ0n) is 11.4. The van der Waals surface area contributed by atoms with E-state index in [0.29, 0.717) is 5.56 Å². The molecule has 0 aliphatic heterocycles. The summed E-state index contributed by atoms with van der Waals surface area (Å²) in [4.78, 5) is 14.0. The van der Waals surface area contributed by atoms with E-state index in [1.807, 2.05) is 0 Å². The highest BCUT2D eigenvalue weighted by Gasteiger charge is 2.22. The molecule has 110 valence electrons. The Labute approximate surface area is 117 Å². The van der Waals surface area contributed by atoms with Crippen LogP contribution >= 0.6 is 7.60 Å². The van der Waals surface area contributed by atoms with Gasteiger partial charge in [-0.2, -0.15) is 0 Å². The summed E-state index contributed by atoms with van der Waals surface area (Å²) in [5.74, 6) is 0. The molecule has 0 spiro atoms. The lowest BCUT2D eigenvalue weighted by Gasteiger charge is -2.14. The van der Waals surface area contributed by atoms with Crippen LogP contribution in [0.1, 0.15) is 19.4 Å². The summed E-state index contributed by atoms with van der Waals surface area (Å²) in [5.41, 5.74) is 0.687. The van der Waals surface area contributed by atoms with Crippen LogP contribution in [0.2, 0.25) is 0 Å². The first-order valence-corrected chi connectivity index (χ1v) is 7.86. The molecule has 0 N–H and O–H groups in total. The molecule has 0 fully saturated rings. The molecule has 0 atom stereocenters. The molecular formula is C12H17N2O5P. The van der Waals surface area contributed by atoms with Crippen LogP contribution in [-0.4, -0.2) is 30.6 Å². The van der Waals surface area contributed by atoms with Gasteiger partial charge < -0.3 is 9.05 Å². The quantitative estimate of drug-likeness (QED) is 0.318. The van der Waals surface area contributed by atoms with Gasteiger partial charge in [-0.1, -0.05) is 0 Å². The van der Waals surface area contributed by atoms with E-state index in [4.69, 9.17) is 9.05 Å². The summed E-state index contributed by atoms with van der Waals surface area (Å²) in [7, 11) is -3.19. The van der Waals surface area contributed by atoms with E-state index in [-0.39, 0.29) is 25.2 Å². The molecule has 0 unspecified atom stereocenters. The fourth-order valence-corrected chi connectivity index (χ4v) is 2.75. The van der Waals surface area contributed by atoms with Crippen LogP contribution in [0.3, 0.4) is 0 Å². The van der Waals surface area contributed by atoms with Crippen molar-refractivity contribution in [2.24, 2.45) is 4.99 Å². The first-order chi connectivity index (χ1) is 9.50. The van der Waals surface area contributed by atoms with E-state index in [0.717, 1.165) is 0 Å². The van der Waals surface area contributed by atoms with Crippen molar-refractivity contribution < 1.29 is 18.5 Å². The SMILES string of the molecule is CCOP(=O)(C/N=C/c1ccc([N+](=O)[O-])cc1)OCC. The maximum Gasteiger partial charge on any atom is 0.351 e. The second-order valence-corrected chi connectivity index (χ2v) is 5.77. The number of nitrogens with zero attached hydrogens (tertiary/aromatic N) is 2. The molecule has 20 heavy (non-hydrogen) atoms. The van der Waals surface area contributed by atoms with Gasteiger partial charge in [-0.25, -0.2) is 0 Å². The highest BCUT2D eigenvalue weighted by Crippen LogP contribution is 2.47. The lowest BCUT2D eigenvalue weighted by atomic mass is 10.2. The average molecular weight is 300 g/mol. The molecule has 8 heteroatoms. The van der Waals surface area contributed by atoms with E-state index < -0.39 is 12.5 Å². The van der Waals surface area contributed by atoms with Gasteiger partial charge in [-0.05, 0) is 31.5 Å². The first-order valence-electron chi connectivity index (χ1n) is 6.13.